The van der Waals surface area contributed by atoms with Gasteiger partial charge in [-0.3, -0.25) is 0 Å². The van der Waals surface area contributed by atoms with E-state index in [1.54, 1.807) is 6.07 Å². The average molecular weight is 304 g/mol. The van der Waals surface area contributed by atoms with Crippen molar-refractivity contribution in [1.82, 2.24) is 5.32 Å². The summed E-state index contributed by atoms with van der Waals surface area (Å²) in [7, 11) is 0. The van der Waals surface area contributed by atoms with Crippen molar-refractivity contribution in [2.24, 2.45) is 0 Å². The molecule has 0 radical (unpaired) electrons. The molecular weight excluding hydrogens is 285 g/mol. The fourth-order valence-corrected chi connectivity index (χ4v) is 2.18. The molecule has 2 unspecified atom stereocenters. The summed E-state index contributed by atoms with van der Waals surface area (Å²) >= 11 is 3.24. The lowest BCUT2D eigenvalue weighted by molar-refractivity contribution is 0.274. The molecule has 0 aliphatic carbocycles. The summed E-state index contributed by atoms with van der Waals surface area (Å²) in [5.74, 6) is -0.200. The quantitative estimate of drug-likeness (QED) is 0.844. The van der Waals surface area contributed by atoms with Crippen molar-refractivity contribution < 1.29 is 9.50 Å². The summed E-state index contributed by atoms with van der Waals surface area (Å²) in [4.78, 5) is 0. The molecule has 1 aromatic carbocycles. The fourth-order valence-electron chi connectivity index (χ4n) is 1.85. The molecule has 0 saturated carbocycles. The van der Waals surface area contributed by atoms with Crippen LogP contribution in [0, 0.1) is 5.82 Å². The minimum atomic E-state index is -0.200. The number of aliphatic hydroxyl groups is 1. The molecule has 1 rings (SSSR count). The van der Waals surface area contributed by atoms with Gasteiger partial charge in [-0.05, 0) is 38.8 Å². The van der Waals surface area contributed by atoms with Crippen LogP contribution in [0.4, 0.5) is 4.39 Å². The lowest BCUT2D eigenvalue weighted by Gasteiger charge is -2.20. The first kappa shape index (κ1) is 14.6. The van der Waals surface area contributed by atoms with E-state index in [9.17, 15) is 4.39 Å². The highest BCUT2D eigenvalue weighted by Crippen LogP contribution is 2.21. The van der Waals surface area contributed by atoms with Crippen LogP contribution >= 0.6 is 15.9 Å². The largest absolute Gasteiger partial charge is 0.396 e. The van der Waals surface area contributed by atoms with Crippen molar-refractivity contribution in [2.75, 3.05) is 6.61 Å². The Balaban J connectivity index is 2.60. The van der Waals surface area contributed by atoms with E-state index in [2.05, 4.69) is 21.2 Å². The van der Waals surface area contributed by atoms with Crippen LogP contribution in [0.5, 0.6) is 0 Å². The van der Waals surface area contributed by atoms with E-state index >= 15 is 0 Å². The summed E-state index contributed by atoms with van der Waals surface area (Å²) in [5.41, 5.74) is 0.670. The van der Waals surface area contributed by atoms with Gasteiger partial charge in [-0.2, -0.15) is 0 Å². The number of halogens is 2. The van der Waals surface area contributed by atoms with Crippen molar-refractivity contribution in [3.8, 4) is 0 Å². The maximum atomic E-state index is 13.7. The van der Waals surface area contributed by atoms with Gasteiger partial charge in [0.25, 0.3) is 0 Å². The van der Waals surface area contributed by atoms with E-state index in [0.29, 0.717) is 5.56 Å². The van der Waals surface area contributed by atoms with Gasteiger partial charge in [-0.1, -0.05) is 22.0 Å². The molecule has 0 bridgehead atoms. The molecule has 0 fully saturated rings. The predicted molar refractivity (Wildman–Crippen MR) is 71.4 cm³/mol. The second-order valence-electron chi connectivity index (χ2n) is 4.32. The Labute approximate surface area is 110 Å². The normalized spacial score (nSPS) is 14.6. The molecule has 0 saturated heterocycles. The molecule has 0 aromatic heterocycles. The van der Waals surface area contributed by atoms with Gasteiger partial charge in [-0.15, -0.1) is 0 Å². The standard InChI is InChI=1S/C13H19BrFNO/c1-9(4-3-7-17)16-10(2)12-6-5-11(14)8-13(12)15/h5-6,8-10,16-17H,3-4,7H2,1-2H3. The van der Waals surface area contributed by atoms with Gasteiger partial charge in [0.2, 0.25) is 0 Å². The number of rotatable bonds is 6. The number of hydrogen-bond acceptors (Lipinski definition) is 2. The minimum absolute atomic E-state index is 0.0307. The second-order valence-corrected chi connectivity index (χ2v) is 5.24. The summed E-state index contributed by atoms with van der Waals surface area (Å²) in [6.07, 6.45) is 1.66. The average Bonchev–Trinajstić information content (AvgIpc) is 2.26. The SMILES string of the molecule is CC(CCCO)NC(C)c1ccc(Br)cc1F. The van der Waals surface area contributed by atoms with Crippen LogP contribution in [0.2, 0.25) is 0 Å². The van der Waals surface area contributed by atoms with E-state index in [4.69, 9.17) is 5.11 Å². The van der Waals surface area contributed by atoms with Crippen LogP contribution in [0.1, 0.15) is 38.3 Å². The molecule has 0 spiro atoms. The minimum Gasteiger partial charge on any atom is -0.396 e. The third-order valence-electron chi connectivity index (χ3n) is 2.76. The first-order valence-electron chi connectivity index (χ1n) is 5.86. The molecule has 17 heavy (non-hydrogen) atoms. The summed E-state index contributed by atoms with van der Waals surface area (Å²) in [6.45, 7) is 4.19. The van der Waals surface area contributed by atoms with Gasteiger partial charge in [0.15, 0.2) is 0 Å². The Morgan fingerprint density at radius 2 is 2.12 bits per heavy atom. The molecule has 0 heterocycles. The molecule has 0 aliphatic rings. The van der Waals surface area contributed by atoms with E-state index in [0.717, 1.165) is 17.3 Å². The number of benzene rings is 1. The smallest absolute Gasteiger partial charge is 0.129 e. The van der Waals surface area contributed by atoms with Gasteiger partial charge in [-0.25, -0.2) is 4.39 Å². The third kappa shape index (κ3) is 4.74. The van der Waals surface area contributed by atoms with E-state index < -0.39 is 0 Å². The zero-order valence-electron chi connectivity index (χ0n) is 10.2. The lowest BCUT2D eigenvalue weighted by atomic mass is 10.1. The lowest BCUT2D eigenvalue weighted by Crippen LogP contribution is -2.29. The second kappa shape index (κ2) is 7.09. The topological polar surface area (TPSA) is 32.3 Å². The highest BCUT2D eigenvalue weighted by molar-refractivity contribution is 9.10. The van der Waals surface area contributed by atoms with E-state index in [1.165, 1.54) is 6.07 Å². The molecule has 2 nitrogen and oxygen atoms in total. The maximum Gasteiger partial charge on any atom is 0.129 e. The molecule has 0 amide bonds. The molecule has 96 valence electrons. The van der Waals surface area contributed by atoms with Crippen molar-refractivity contribution in [3.05, 3.63) is 34.1 Å². The van der Waals surface area contributed by atoms with Crippen molar-refractivity contribution in [2.45, 2.75) is 38.8 Å². The first-order chi connectivity index (χ1) is 8.04. The highest BCUT2D eigenvalue weighted by Gasteiger charge is 2.13. The zero-order valence-corrected chi connectivity index (χ0v) is 11.8. The van der Waals surface area contributed by atoms with Gasteiger partial charge in [0.05, 0.1) is 0 Å². The Bertz CT molecular complexity index is 359. The van der Waals surface area contributed by atoms with Crippen LogP contribution < -0.4 is 5.32 Å². The molecular formula is C13H19BrFNO. The fraction of sp³-hybridized carbons (Fsp3) is 0.538. The summed E-state index contributed by atoms with van der Waals surface area (Å²) in [6, 6.07) is 5.34. The molecule has 4 heteroatoms. The number of aliphatic hydroxyl groups excluding tert-OH is 1. The summed E-state index contributed by atoms with van der Waals surface area (Å²) in [5, 5.41) is 12.1. The van der Waals surface area contributed by atoms with Crippen molar-refractivity contribution in [1.29, 1.82) is 0 Å². The van der Waals surface area contributed by atoms with Crippen LogP contribution in [-0.4, -0.2) is 17.8 Å². The van der Waals surface area contributed by atoms with Gasteiger partial charge >= 0.3 is 0 Å². The first-order valence-corrected chi connectivity index (χ1v) is 6.65. The van der Waals surface area contributed by atoms with Gasteiger partial charge in [0.1, 0.15) is 5.82 Å². The van der Waals surface area contributed by atoms with Crippen LogP contribution in [-0.2, 0) is 0 Å². The number of hydrogen-bond donors (Lipinski definition) is 2. The van der Waals surface area contributed by atoms with Crippen molar-refractivity contribution in [3.63, 3.8) is 0 Å². The monoisotopic (exact) mass is 303 g/mol. The van der Waals surface area contributed by atoms with Gasteiger partial charge in [0, 0.05) is 28.7 Å². The zero-order chi connectivity index (χ0) is 12.8. The van der Waals surface area contributed by atoms with Crippen LogP contribution in [0.15, 0.2) is 22.7 Å². The number of nitrogens with one attached hydrogen (secondary N) is 1. The molecule has 1 aromatic rings. The Morgan fingerprint density at radius 1 is 1.41 bits per heavy atom. The predicted octanol–water partition coefficient (Wildman–Crippen LogP) is 3.40. The maximum absolute atomic E-state index is 13.7. The van der Waals surface area contributed by atoms with Crippen LogP contribution in [0.25, 0.3) is 0 Å². The molecule has 2 N–H and O–H groups in total. The van der Waals surface area contributed by atoms with Crippen LogP contribution in [0.3, 0.4) is 0 Å². The van der Waals surface area contributed by atoms with Gasteiger partial charge < -0.3 is 10.4 Å². The van der Waals surface area contributed by atoms with E-state index in [1.807, 2.05) is 19.9 Å². The Morgan fingerprint density at radius 3 is 2.71 bits per heavy atom. The van der Waals surface area contributed by atoms with Crippen molar-refractivity contribution >= 4 is 15.9 Å². The summed E-state index contributed by atoms with van der Waals surface area (Å²) < 4.78 is 14.4. The molecule has 2 atom stereocenters. The van der Waals surface area contributed by atoms with E-state index in [-0.39, 0.29) is 24.5 Å². The third-order valence-corrected chi connectivity index (χ3v) is 3.25. The Kier molecular flexibility index (Phi) is 6.09. The Hall–Kier alpha value is -0.450. The highest BCUT2D eigenvalue weighted by atomic mass is 79.9. The molecule has 0 aliphatic heterocycles.